The number of urea groups is 1. The van der Waals surface area contributed by atoms with Crippen molar-refractivity contribution < 1.29 is 14.7 Å². The summed E-state index contributed by atoms with van der Waals surface area (Å²) in [5.74, 6) is -0.292. The molecule has 0 atom stereocenters. The number of hydrogen-bond donors (Lipinski definition) is 1. The number of rotatable bonds is 5. The Morgan fingerprint density at radius 3 is 2.45 bits per heavy atom. The maximum atomic E-state index is 12.3. The van der Waals surface area contributed by atoms with Gasteiger partial charge in [-0.2, -0.15) is 0 Å². The predicted octanol–water partition coefficient (Wildman–Crippen LogP) is 4.81. The summed E-state index contributed by atoms with van der Waals surface area (Å²) in [6.07, 6.45) is 1.63. The maximum Gasteiger partial charge on any atom is 0.319 e. The molecule has 3 heterocycles. The fourth-order valence-electron chi connectivity index (χ4n) is 4.65. The van der Waals surface area contributed by atoms with E-state index in [1.165, 1.54) is 11.3 Å². The maximum absolute atomic E-state index is 12.3. The van der Waals surface area contributed by atoms with E-state index in [1.54, 1.807) is 37.3 Å². The van der Waals surface area contributed by atoms with Gasteiger partial charge in [0.2, 0.25) is 5.95 Å². The second kappa shape index (κ2) is 10.5. The van der Waals surface area contributed by atoms with Crippen molar-refractivity contribution in [1.82, 2.24) is 24.8 Å². The van der Waals surface area contributed by atoms with Gasteiger partial charge in [-0.25, -0.2) is 19.7 Å². The molecule has 38 heavy (non-hydrogen) atoms. The number of hydrogen-bond acceptors (Lipinski definition) is 7. The number of aliphatic carboxylic acids is 1. The van der Waals surface area contributed by atoms with Gasteiger partial charge in [0.05, 0.1) is 16.6 Å². The van der Waals surface area contributed by atoms with Crippen molar-refractivity contribution in [3.8, 4) is 21.8 Å². The van der Waals surface area contributed by atoms with Gasteiger partial charge < -0.3 is 19.8 Å². The number of aromatic nitrogens is 3. The molecular formula is C27H27ClN6O3S. The minimum atomic E-state index is -0.889. The molecular weight excluding hydrogens is 524 g/mol. The van der Waals surface area contributed by atoms with Crippen LogP contribution >= 0.6 is 22.9 Å². The zero-order valence-corrected chi connectivity index (χ0v) is 22.9. The topological polar surface area (TPSA) is 103 Å². The number of fused-ring (bicyclic) bond motifs is 1. The highest BCUT2D eigenvalue weighted by Crippen LogP contribution is 2.40. The van der Waals surface area contributed by atoms with Crippen LogP contribution in [0.5, 0.6) is 0 Å². The third-order valence-electron chi connectivity index (χ3n) is 6.55. The Balaban J connectivity index is 1.51. The van der Waals surface area contributed by atoms with Crippen molar-refractivity contribution in [2.75, 3.05) is 45.2 Å². The smallest absolute Gasteiger partial charge is 0.319 e. The van der Waals surface area contributed by atoms with Crippen LogP contribution in [0.1, 0.15) is 11.1 Å². The molecule has 1 aliphatic rings. The number of halogens is 1. The lowest BCUT2D eigenvalue weighted by Crippen LogP contribution is -2.51. The number of carboxylic acids is 1. The van der Waals surface area contributed by atoms with Crippen LogP contribution in [0.15, 0.2) is 42.6 Å². The van der Waals surface area contributed by atoms with E-state index in [2.05, 4.69) is 9.88 Å². The second-order valence-electron chi connectivity index (χ2n) is 9.38. The molecule has 1 aliphatic heterocycles. The van der Waals surface area contributed by atoms with Gasteiger partial charge in [-0.15, -0.1) is 11.3 Å². The summed E-state index contributed by atoms with van der Waals surface area (Å²) in [6.45, 7) is 4.39. The van der Waals surface area contributed by atoms with Crippen molar-refractivity contribution in [1.29, 1.82) is 0 Å². The molecule has 1 N–H and O–H groups in total. The molecule has 0 spiro atoms. The van der Waals surface area contributed by atoms with Crippen molar-refractivity contribution in [2.24, 2.45) is 0 Å². The van der Waals surface area contributed by atoms with Crippen LogP contribution in [0, 0.1) is 6.92 Å². The van der Waals surface area contributed by atoms with Gasteiger partial charge in [0.15, 0.2) is 0 Å². The molecule has 1 fully saturated rings. The van der Waals surface area contributed by atoms with Crippen LogP contribution in [0.4, 0.5) is 10.7 Å². The minimum Gasteiger partial charge on any atom is -0.481 e. The number of aryl methyl sites for hydroxylation is 1. The van der Waals surface area contributed by atoms with E-state index in [1.807, 2.05) is 36.1 Å². The molecule has 0 aliphatic carbocycles. The minimum absolute atomic E-state index is 0.00264. The first-order valence-corrected chi connectivity index (χ1v) is 13.4. The zero-order valence-electron chi connectivity index (χ0n) is 21.3. The molecule has 2 aromatic heterocycles. The van der Waals surface area contributed by atoms with Gasteiger partial charge in [0.25, 0.3) is 0 Å². The van der Waals surface area contributed by atoms with Crippen LogP contribution in [0.3, 0.4) is 0 Å². The Morgan fingerprint density at radius 1 is 1.08 bits per heavy atom. The molecule has 2 aromatic carbocycles. The molecule has 4 aromatic rings. The normalized spacial score (nSPS) is 13.7. The number of piperazine rings is 1. The Labute approximate surface area is 229 Å². The monoisotopic (exact) mass is 550 g/mol. The number of carbonyl (C=O) groups is 2. The van der Waals surface area contributed by atoms with Crippen LogP contribution in [-0.2, 0) is 11.2 Å². The van der Waals surface area contributed by atoms with Gasteiger partial charge in [-0.3, -0.25) is 4.79 Å². The quantitative estimate of drug-likeness (QED) is 0.380. The fourth-order valence-corrected chi connectivity index (χ4v) is 5.88. The van der Waals surface area contributed by atoms with E-state index in [0.29, 0.717) is 42.8 Å². The van der Waals surface area contributed by atoms with Gasteiger partial charge in [0.1, 0.15) is 10.7 Å². The summed E-state index contributed by atoms with van der Waals surface area (Å²) >= 11 is 7.61. The number of benzene rings is 2. The second-order valence-corrected chi connectivity index (χ2v) is 10.8. The number of amides is 2. The molecule has 5 rings (SSSR count). The molecule has 196 valence electrons. The van der Waals surface area contributed by atoms with Crippen molar-refractivity contribution >= 4 is 51.1 Å². The molecule has 0 unspecified atom stereocenters. The summed E-state index contributed by atoms with van der Waals surface area (Å²) in [6, 6.07) is 11.2. The third kappa shape index (κ3) is 5.14. The van der Waals surface area contributed by atoms with Gasteiger partial charge >= 0.3 is 12.0 Å². The lowest BCUT2D eigenvalue weighted by Gasteiger charge is -2.35. The molecule has 11 heteroatoms. The molecule has 9 nitrogen and oxygen atoms in total. The SMILES string of the molecule is Cc1cc2nc(-c3ccnc(N4CCN(C(=O)N(C)C)CC4)n3)sc2c(-c2ccc(Cl)cc2)c1CC(=O)O. The standard InChI is InChI=1S/C27H27ClN6O3S/c1-16-14-21-24(23(19(16)15-22(35)36)17-4-6-18(28)7-5-17)38-25(30-21)20-8-9-29-26(31-20)33-10-12-34(13-11-33)27(37)32(2)3/h4-9,14H,10-13,15H2,1-3H3,(H,35,36). The third-order valence-corrected chi connectivity index (χ3v) is 7.91. The van der Waals surface area contributed by atoms with Crippen LogP contribution in [-0.4, -0.2) is 82.1 Å². The summed E-state index contributed by atoms with van der Waals surface area (Å²) in [5.41, 5.74) is 4.87. The largest absolute Gasteiger partial charge is 0.481 e. The molecule has 0 radical (unpaired) electrons. The van der Waals surface area contributed by atoms with E-state index in [-0.39, 0.29) is 12.5 Å². The fraction of sp³-hybridized carbons (Fsp3) is 0.296. The first-order chi connectivity index (χ1) is 18.2. The predicted molar refractivity (Wildman–Crippen MR) is 150 cm³/mol. The number of carboxylic acid groups (broad SMARTS) is 1. The lowest BCUT2D eigenvalue weighted by molar-refractivity contribution is -0.136. The van der Waals surface area contributed by atoms with Crippen LogP contribution in [0.25, 0.3) is 32.0 Å². The number of carbonyl (C=O) groups excluding carboxylic acids is 1. The van der Waals surface area contributed by atoms with E-state index in [0.717, 1.165) is 37.5 Å². The van der Waals surface area contributed by atoms with E-state index in [4.69, 9.17) is 21.6 Å². The highest BCUT2D eigenvalue weighted by Gasteiger charge is 2.24. The summed E-state index contributed by atoms with van der Waals surface area (Å²) < 4.78 is 0.903. The number of thiazole rings is 1. The Morgan fingerprint density at radius 2 is 1.79 bits per heavy atom. The molecule has 2 amide bonds. The summed E-state index contributed by atoms with van der Waals surface area (Å²) in [7, 11) is 3.51. The first-order valence-electron chi connectivity index (χ1n) is 12.2. The van der Waals surface area contributed by atoms with Gasteiger partial charge in [-0.1, -0.05) is 23.7 Å². The Bertz CT molecular complexity index is 1510. The Hall–Kier alpha value is -3.76. The lowest BCUT2D eigenvalue weighted by atomic mass is 9.93. The number of nitrogens with zero attached hydrogens (tertiary/aromatic N) is 6. The summed E-state index contributed by atoms with van der Waals surface area (Å²) in [4.78, 5) is 43.7. The average molecular weight is 551 g/mol. The number of anilines is 1. The summed E-state index contributed by atoms with van der Waals surface area (Å²) in [5, 5.41) is 11.0. The average Bonchev–Trinajstić information content (AvgIpc) is 3.33. The van der Waals surface area contributed by atoms with Crippen molar-refractivity contribution in [3.05, 3.63) is 58.7 Å². The molecule has 0 bridgehead atoms. The van der Waals surface area contributed by atoms with Crippen molar-refractivity contribution in [2.45, 2.75) is 13.3 Å². The molecule has 0 saturated carbocycles. The van der Waals surface area contributed by atoms with E-state index >= 15 is 0 Å². The molecule has 1 saturated heterocycles. The highest BCUT2D eigenvalue weighted by atomic mass is 35.5. The zero-order chi connectivity index (χ0) is 27.0. The van der Waals surface area contributed by atoms with Crippen molar-refractivity contribution in [3.63, 3.8) is 0 Å². The Kier molecular flexibility index (Phi) is 7.18. The van der Waals surface area contributed by atoms with Crippen LogP contribution in [0.2, 0.25) is 5.02 Å². The highest BCUT2D eigenvalue weighted by molar-refractivity contribution is 7.22. The van der Waals surface area contributed by atoms with E-state index < -0.39 is 5.97 Å². The van der Waals surface area contributed by atoms with Gasteiger partial charge in [0, 0.05) is 57.1 Å². The van der Waals surface area contributed by atoms with Gasteiger partial charge in [-0.05, 0) is 47.9 Å². The first kappa shape index (κ1) is 25.9. The van der Waals surface area contributed by atoms with Crippen LogP contribution < -0.4 is 4.90 Å². The van der Waals surface area contributed by atoms with E-state index in [9.17, 15) is 14.7 Å².